The minimum Gasteiger partial charge on any atom is -0.381 e. The maximum Gasteiger partial charge on any atom is 0.0497 e. The molecule has 2 aliphatic rings. The molecule has 2 heteroatoms. The Balaban J connectivity index is 1.80. The van der Waals surface area contributed by atoms with Crippen LogP contribution in [-0.4, -0.2) is 26.3 Å². The van der Waals surface area contributed by atoms with Gasteiger partial charge in [0.1, 0.15) is 0 Å². The average molecular weight is 182 g/mol. The Morgan fingerprint density at radius 1 is 0.923 bits per heavy atom. The molecule has 2 saturated heterocycles. The normalized spacial score (nSPS) is 32.8. The van der Waals surface area contributed by atoms with Crippen molar-refractivity contribution >= 4 is 0 Å². The summed E-state index contributed by atoms with van der Waals surface area (Å²) in [5.74, 6) is 1.82. The van der Waals surface area contributed by atoms with Crippen molar-refractivity contribution in [2.24, 2.45) is 11.8 Å². The van der Waals surface area contributed by atoms with Crippen molar-refractivity contribution in [1.82, 2.24) is 5.32 Å². The molecule has 2 heterocycles. The molecule has 0 N–H and O–H groups in total. The van der Waals surface area contributed by atoms with Crippen LogP contribution in [0.3, 0.4) is 0 Å². The average Bonchev–Trinajstić information content (AvgIpc) is 2.55. The summed E-state index contributed by atoms with van der Waals surface area (Å²) in [7, 11) is 0. The van der Waals surface area contributed by atoms with Crippen LogP contribution in [0.15, 0.2) is 0 Å². The van der Waals surface area contributed by atoms with E-state index < -0.39 is 0 Å². The maximum atomic E-state index is 5.46. The first-order valence-electron chi connectivity index (χ1n) is 5.68. The lowest BCUT2D eigenvalue weighted by Crippen LogP contribution is -2.21. The molecule has 0 aliphatic carbocycles. The molecule has 2 rings (SSSR count). The summed E-state index contributed by atoms with van der Waals surface area (Å²) in [4.78, 5) is 0. The van der Waals surface area contributed by atoms with Crippen LogP contribution < -0.4 is 5.32 Å². The lowest BCUT2D eigenvalue weighted by molar-refractivity contribution is 0.164. The second-order valence-corrected chi connectivity index (χ2v) is 4.34. The van der Waals surface area contributed by atoms with Crippen LogP contribution in [0.5, 0.6) is 0 Å². The first kappa shape index (κ1) is 9.47. The van der Waals surface area contributed by atoms with Crippen LogP contribution in [0, 0.1) is 11.8 Å². The van der Waals surface area contributed by atoms with Crippen molar-refractivity contribution < 1.29 is 4.74 Å². The Hall–Kier alpha value is -0.0800. The minimum absolute atomic E-state index is 0.873. The Labute approximate surface area is 81.0 Å². The van der Waals surface area contributed by atoms with Crippen molar-refractivity contribution in [3.8, 4) is 0 Å². The van der Waals surface area contributed by atoms with E-state index in [1.165, 1.54) is 32.1 Å². The van der Waals surface area contributed by atoms with E-state index in [0.717, 1.165) is 38.1 Å². The Bertz CT molecular complexity index is 135. The van der Waals surface area contributed by atoms with Crippen molar-refractivity contribution in [3.63, 3.8) is 0 Å². The van der Waals surface area contributed by atoms with Crippen LogP contribution in [0.2, 0.25) is 0 Å². The monoisotopic (exact) mass is 182 g/mol. The molecule has 2 fully saturated rings. The topological polar surface area (TPSA) is 23.3 Å². The summed E-state index contributed by atoms with van der Waals surface area (Å²) in [6, 6.07) is 0. The summed E-state index contributed by atoms with van der Waals surface area (Å²) in [5, 5.41) is 4.46. The highest BCUT2D eigenvalue weighted by Crippen LogP contribution is 2.29. The van der Waals surface area contributed by atoms with Gasteiger partial charge in [-0.25, -0.2) is 5.32 Å². The van der Waals surface area contributed by atoms with E-state index in [1.807, 2.05) is 0 Å². The molecule has 75 valence electrons. The molecule has 13 heavy (non-hydrogen) atoms. The summed E-state index contributed by atoms with van der Waals surface area (Å²) in [6.45, 7) is 4.24. The first-order valence-corrected chi connectivity index (χ1v) is 5.68. The van der Waals surface area contributed by atoms with E-state index in [0.29, 0.717) is 0 Å². The highest BCUT2D eigenvalue weighted by Gasteiger charge is 2.25. The predicted octanol–water partition coefficient (Wildman–Crippen LogP) is 1.82. The van der Waals surface area contributed by atoms with E-state index in [2.05, 4.69) is 5.32 Å². The van der Waals surface area contributed by atoms with Gasteiger partial charge in [0.05, 0.1) is 0 Å². The molecule has 0 saturated carbocycles. The number of hydrogen-bond acceptors (Lipinski definition) is 1. The van der Waals surface area contributed by atoms with E-state index in [9.17, 15) is 0 Å². The maximum absolute atomic E-state index is 5.46. The fourth-order valence-electron chi connectivity index (χ4n) is 2.58. The van der Waals surface area contributed by atoms with Gasteiger partial charge in [-0.15, -0.1) is 0 Å². The van der Waals surface area contributed by atoms with Crippen molar-refractivity contribution in [2.45, 2.75) is 32.1 Å². The summed E-state index contributed by atoms with van der Waals surface area (Å²) in [5.41, 5.74) is 0. The van der Waals surface area contributed by atoms with E-state index in [-0.39, 0.29) is 0 Å². The Morgan fingerprint density at radius 2 is 1.69 bits per heavy atom. The largest absolute Gasteiger partial charge is 0.381 e. The highest BCUT2D eigenvalue weighted by molar-refractivity contribution is 4.75. The lowest BCUT2D eigenvalue weighted by Gasteiger charge is -2.24. The van der Waals surface area contributed by atoms with Crippen molar-refractivity contribution in [2.75, 3.05) is 26.3 Å². The first-order chi connectivity index (χ1) is 6.47. The summed E-state index contributed by atoms with van der Waals surface area (Å²) < 4.78 is 5.46. The van der Waals surface area contributed by atoms with Crippen molar-refractivity contribution in [1.29, 1.82) is 0 Å². The Morgan fingerprint density at radius 3 is 2.31 bits per heavy atom. The molecular formula is C11H20NO. The second kappa shape index (κ2) is 4.97. The molecule has 0 amide bonds. The van der Waals surface area contributed by atoms with Gasteiger partial charge in [-0.3, -0.25) is 0 Å². The zero-order valence-electron chi connectivity index (χ0n) is 8.37. The molecule has 1 unspecified atom stereocenters. The number of rotatable bonds is 1. The molecule has 1 radical (unpaired) electrons. The smallest absolute Gasteiger partial charge is 0.0497 e. The summed E-state index contributed by atoms with van der Waals surface area (Å²) >= 11 is 0. The van der Waals surface area contributed by atoms with E-state index in [4.69, 9.17) is 4.74 Å². The third-order valence-electron chi connectivity index (χ3n) is 3.41. The molecule has 2 aliphatic heterocycles. The SMILES string of the molecule is C1C[N]CCCC(C2CCOC2)C1. The van der Waals surface area contributed by atoms with Gasteiger partial charge in [-0.05, 0) is 43.9 Å². The van der Waals surface area contributed by atoms with Crippen LogP contribution in [0.25, 0.3) is 0 Å². The van der Waals surface area contributed by atoms with E-state index >= 15 is 0 Å². The molecular weight excluding hydrogens is 162 g/mol. The summed E-state index contributed by atoms with van der Waals surface area (Å²) in [6.07, 6.45) is 6.69. The fourth-order valence-corrected chi connectivity index (χ4v) is 2.58. The third kappa shape index (κ3) is 2.68. The van der Waals surface area contributed by atoms with Crippen LogP contribution in [0.4, 0.5) is 0 Å². The fraction of sp³-hybridized carbons (Fsp3) is 1.00. The molecule has 0 aromatic carbocycles. The molecule has 0 spiro atoms. The third-order valence-corrected chi connectivity index (χ3v) is 3.41. The quantitative estimate of drug-likeness (QED) is 0.606. The molecule has 0 bridgehead atoms. The van der Waals surface area contributed by atoms with Crippen molar-refractivity contribution in [3.05, 3.63) is 0 Å². The second-order valence-electron chi connectivity index (χ2n) is 4.34. The van der Waals surface area contributed by atoms with Gasteiger partial charge in [-0.1, -0.05) is 0 Å². The molecule has 0 aromatic rings. The number of nitrogens with zero attached hydrogens (tertiary/aromatic N) is 1. The van der Waals surface area contributed by atoms with Gasteiger partial charge in [0, 0.05) is 26.3 Å². The number of hydrogen-bond donors (Lipinski definition) is 0. The predicted molar refractivity (Wildman–Crippen MR) is 52.8 cm³/mol. The number of ether oxygens (including phenoxy) is 1. The standard InChI is InChI=1S/C11H20NO/c1-3-10(4-2-7-12-6-1)11-5-8-13-9-11/h10-11H,1-9H2. The zero-order chi connectivity index (χ0) is 8.93. The van der Waals surface area contributed by atoms with Gasteiger partial charge >= 0.3 is 0 Å². The Kier molecular flexibility index (Phi) is 3.62. The molecule has 2 nitrogen and oxygen atoms in total. The van der Waals surface area contributed by atoms with Gasteiger partial charge in [0.15, 0.2) is 0 Å². The van der Waals surface area contributed by atoms with Crippen LogP contribution in [-0.2, 0) is 4.74 Å². The minimum atomic E-state index is 0.873. The lowest BCUT2D eigenvalue weighted by atomic mass is 9.83. The van der Waals surface area contributed by atoms with E-state index in [1.54, 1.807) is 0 Å². The molecule has 1 atom stereocenters. The zero-order valence-corrected chi connectivity index (χ0v) is 8.37. The molecule has 0 aromatic heterocycles. The van der Waals surface area contributed by atoms with Gasteiger partial charge in [-0.2, -0.15) is 0 Å². The van der Waals surface area contributed by atoms with Gasteiger partial charge in [0.2, 0.25) is 0 Å². The van der Waals surface area contributed by atoms with Crippen LogP contribution >= 0.6 is 0 Å². The van der Waals surface area contributed by atoms with Crippen LogP contribution in [0.1, 0.15) is 32.1 Å². The van der Waals surface area contributed by atoms with Gasteiger partial charge in [0.25, 0.3) is 0 Å². The van der Waals surface area contributed by atoms with Gasteiger partial charge < -0.3 is 4.74 Å². The highest BCUT2D eigenvalue weighted by atomic mass is 16.5.